The number of rotatable bonds is 3. The summed E-state index contributed by atoms with van der Waals surface area (Å²) in [5.41, 5.74) is 1.51. The predicted molar refractivity (Wildman–Crippen MR) is 83.1 cm³/mol. The second-order valence-corrected chi connectivity index (χ2v) is 6.52. The molecule has 2 saturated heterocycles. The Balaban J connectivity index is 1.58. The van der Waals surface area contributed by atoms with Gasteiger partial charge in [-0.25, -0.2) is 0 Å². The molecule has 2 heterocycles. The average Bonchev–Trinajstić information content (AvgIpc) is 3.15. The molecule has 4 nitrogen and oxygen atoms in total. The average molecular weight is 298 g/mol. The van der Waals surface area contributed by atoms with Gasteiger partial charge in [0.25, 0.3) is 0 Å². The van der Waals surface area contributed by atoms with Gasteiger partial charge in [-0.2, -0.15) is 5.26 Å². The highest BCUT2D eigenvalue weighted by Crippen LogP contribution is 2.39. The van der Waals surface area contributed by atoms with Crippen molar-refractivity contribution in [2.24, 2.45) is 5.92 Å². The van der Waals surface area contributed by atoms with Crippen molar-refractivity contribution in [2.75, 3.05) is 19.7 Å². The van der Waals surface area contributed by atoms with E-state index in [2.05, 4.69) is 13.0 Å². The Morgan fingerprint density at radius 2 is 2.23 bits per heavy atom. The number of carbonyl (C=O) groups is 1. The van der Waals surface area contributed by atoms with Gasteiger partial charge in [-0.15, -0.1) is 0 Å². The van der Waals surface area contributed by atoms with Gasteiger partial charge < -0.3 is 9.64 Å². The lowest BCUT2D eigenvalue weighted by Gasteiger charge is -2.23. The number of ether oxygens (including phenoxy) is 1. The van der Waals surface area contributed by atoms with Crippen LogP contribution in [0, 0.1) is 17.2 Å². The zero-order valence-electron chi connectivity index (χ0n) is 13.0. The maximum atomic E-state index is 12.5. The van der Waals surface area contributed by atoms with Crippen LogP contribution in [0.5, 0.6) is 0 Å². The fraction of sp³-hybridized carbons (Fsp3) is 0.556. The smallest absolute Gasteiger partial charge is 0.227 e. The van der Waals surface area contributed by atoms with Crippen LogP contribution in [-0.2, 0) is 16.0 Å². The quantitative estimate of drug-likeness (QED) is 0.861. The SMILES string of the molecule is CCC1COC2(CCN(C(=O)Cc3ccc(C#N)cc3)C2)C1. The first kappa shape index (κ1) is 15.1. The third-order valence-electron chi connectivity index (χ3n) is 4.97. The molecular formula is C18H22N2O2. The molecule has 4 heteroatoms. The van der Waals surface area contributed by atoms with Crippen LogP contribution in [0.15, 0.2) is 24.3 Å². The van der Waals surface area contributed by atoms with E-state index in [1.165, 1.54) is 0 Å². The molecule has 22 heavy (non-hydrogen) atoms. The number of nitriles is 1. The zero-order valence-corrected chi connectivity index (χ0v) is 13.0. The highest BCUT2D eigenvalue weighted by Gasteiger charge is 2.45. The van der Waals surface area contributed by atoms with Gasteiger partial charge in [0.2, 0.25) is 5.91 Å². The van der Waals surface area contributed by atoms with E-state index in [4.69, 9.17) is 10.00 Å². The number of hydrogen-bond donors (Lipinski definition) is 0. The van der Waals surface area contributed by atoms with Crippen molar-refractivity contribution in [1.29, 1.82) is 5.26 Å². The largest absolute Gasteiger partial charge is 0.373 e. The third kappa shape index (κ3) is 3.00. The molecule has 2 aliphatic heterocycles. The maximum absolute atomic E-state index is 12.5. The molecular weight excluding hydrogens is 276 g/mol. The van der Waals surface area contributed by atoms with Crippen LogP contribution in [-0.4, -0.2) is 36.1 Å². The molecule has 0 aliphatic carbocycles. The Bertz CT molecular complexity index is 590. The summed E-state index contributed by atoms with van der Waals surface area (Å²) in [6, 6.07) is 9.35. The molecule has 3 rings (SSSR count). The van der Waals surface area contributed by atoms with E-state index in [9.17, 15) is 4.79 Å². The summed E-state index contributed by atoms with van der Waals surface area (Å²) < 4.78 is 6.04. The number of likely N-dealkylation sites (tertiary alicyclic amines) is 1. The highest BCUT2D eigenvalue weighted by atomic mass is 16.5. The summed E-state index contributed by atoms with van der Waals surface area (Å²) in [4.78, 5) is 14.4. The highest BCUT2D eigenvalue weighted by molar-refractivity contribution is 5.79. The summed E-state index contributed by atoms with van der Waals surface area (Å²) in [5.74, 6) is 0.804. The fourth-order valence-electron chi connectivity index (χ4n) is 3.53. The minimum Gasteiger partial charge on any atom is -0.373 e. The number of nitrogens with zero attached hydrogens (tertiary/aromatic N) is 2. The monoisotopic (exact) mass is 298 g/mol. The van der Waals surface area contributed by atoms with E-state index in [1.807, 2.05) is 17.0 Å². The molecule has 0 saturated carbocycles. The van der Waals surface area contributed by atoms with Crippen molar-refractivity contribution in [2.45, 2.75) is 38.2 Å². The van der Waals surface area contributed by atoms with Crippen molar-refractivity contribution in [3.05, 3.63) is 35.4 Å². The zero-order chi connectivity index (χ0) is 15.6. The van der Waals surface area contributed by atoms with E-state index in [-0.39, 0.29) is 11.5 Å². The van der Waals surface area contributed by atoms with Gasteiger partial charge in [0.1, 0.15) is 0 Å². The van der Waals surface area contributed by atoms with Crippen LogP contribution in [0.4, 0.5) is 0 Å². The Morgan fingerprint density at radius 3 is 2.86 bits per heavy atom. The fourth-order valence-corrected chi connectivity index (χ4v) is 3.53. The molecule has 1 spiro atoms. The summed E-state index contributed by atoms with van der Waals surface area (Å²) in [6.07, 6.45) is 3.60. The molecule has 1 aromatic rings. The van der Waals surface area contributed by atoms with E-state index in [1.54, 1.807) is 12.1 Å². The van der Waals surface area contributed by atoms with E-state index in [0.29, 0.717) is 17.9 Å². The molecule has 0 radical (unpaired) electrons. The third-order valence-corrected chi connectivity index (χ3v) is 4.97. The lowest BCUT2D eigenvalue weighted by molar-refractivity contribution is -0.130. The van der Waals surface area contributed by atoms with E-state index < -0.39 is 0 Å². The molecule has 116 valence electrons. The number of benzene rings is 1. The van der Waals surface area contributed by atoms with Gasteiger partial charge in [0.15, 0.2) is 0 Å². The Morgan fingerprint density at radius 1 is 1.45 bits per heavy atom. The number of carbonyl (C=O) groups excluding carboxylic acids is 1. The first-order chi connectivity index (χ1) is 10.6. The van der Waals surface area contributed by atoms with Crippen molar-refractivity contribution in [1.82, 2.24) is 4.90 Å². The summed E-state index contributed by atoms with van der Waals surface area (Å²) in [6.45, 7) is 4.58. The van der Waals surface area contributed by atoms with Crippen molar-refractivity contribution in [3.8, 4) is 6.07 Å². The van der Waals surface area contributed by atoms with Crippen molar-refractivity contribution in [3.63, 3.8) is 0 Å². The summed E-state index contributed by atoms with van der Waals surface area (Å²) in [5, 5.41) is 8.80. The predicted octanol–water partition coefficient (Wildman–Crippen LogP) is 2.52. The second kappa shape index (κ2) is 6.10. The van der Waals surface area contributed by atoms with Crippen LogP contribution in [0.3, 0.4) is 0 Å². The van der Waals surface area contributed by atoms with Gasteiger partial charge >= 0.3 is 0 Å². The van der Waals surface area contributed by atoms with Gasteiger partial charge in [-0.05, 0) is 36.5 Å². The molecule has 2 fully saturated rings. The molecule has 2 atom stereocenters. The van der Waals surface area contributed by atoms with Crippen LogP contribution in [0.25, 0.3) is 0 Å². The first-order valence-electron chi connectivity index (χ1n) is 8.05. The number of amides is 1. The summed E-state index contributed by atoms with van der Waals surface area (Å²) >= 11 is 0. The lowest BCUT2D eigenvalue weighted by atomic mass is 9.92. The Hall–Kier alpha value is -1.86. The van der Waals surface area contributed by atoms with Gasteiger partial charge in [-0.1, -0.05) is 25.5 Å². The van der Waals surface area contributed by atoms with Crippen LogP contribution >= 0.6 is 0 Å². The molecule has 0 N–H and O–H groups in total. The van der Waals surface area contributed by atoms with Gasteiger partial charge in [-0.3, -0.25) is 4.79 Å². The van der Waals surface area contributed by atoms with E-state index >= 15 is 0 Å². The number of hydrogen-bond acceptors (Lipinski definition) is 3. The van der Waals surface area contributed by atoms with Crippen molar-refractivity contribution >= 4 is 5.91 Å². The van der Waals surface area contributed by atoms with Crippen LogP contribution < -0.4 is 0 Å². The van der Waals surface area contributed by atoms with E-state index in [0.717, 1.165) is 44.5 Å². The maximum Gasteiger partial charge on any atom is 0.227 e. The second-order valence-electron chi connectivity index (χ2n) is 6.52. The molecule has 0 aromatic heterocycles. The van der Waals surface area contributed by atoms with Crippen molar-refractivity contribution < 1.29 is 9.53 Å². The minimum absolute atomic E-state index is 0.0823. The summed E-state index contributed by atoms with van der Waals surface area (Å²) in [7, 11) is 0. The standard InChI is InChI=1S/C18H22N2O2/c1-2-14-10-18(22-12-14)7-8-20(13-18)17(21)9-15-3-5-16(11-19)6-4-15/h3-6,14H,2,7-10,12-13H2,1H3. The van der Waals surface area contributed by atoms with Gasteiger partial charge in [0, 0.05) is 13.1 Å². The minimum atomic E-state index is -0.0823. The van der Waals surface area contributed by atoms with Crippen LogP contribution in [0.2, 0.25) is 0 Å². The lowest BCUT2D eigenvalue weighted by Crippen LogP contribution is -2.36. The Kier molecular flexibility index (Phi) is 4.17. The first-order valence-corrected chi connectivity index (χ1v) is 8.05. The molecule has 2 aliphatic rings. The molecule has 1 aromatic carbocycles. The molecule has 1 amide bonds. The Labute approximate surface area is 131 Å². The topological polar surface area (TPSA) is 53.3 Å². The van der Waals surface area contributed by atoms with Crippen LogP contribution in [0.1, 0.15) is 37.3 Å². The normalized spacial score (nSPS) is 27.3. The van der Waals surface area contributed by atoms with Gasteiger partial charge in [0.05, 0.1) is 30.3 Å². The molecule has 2 unspecified atom stereocenters. The molecule has 0 bridgehead atoms.